The van der Waals surface area contributed by atoms with Gasteiger partial charge >= 0.3 is 0 Å². The fourth-order valence-electron chi connectivity index (χ4n) is 4.29. The van der Waals surface area contributed by atoms with E-state index in [-0.39, 0.29) is 0 Å². The highest BCUT2D eigenvalue weighted by Crippen LogP contribution is 2.34. The number of nitrogens with zero attached hydrogens (tertiary/aromatic N) is 4. The van der Waals surface area contributed by atoms with Crippen LogP contribution in [0.2, 0.25) is 0 Å². The van der Waals surface area contributed by atoms with Gasteiger partial charge in [-0.2, -0.15) is 5.26 Å². The Morgan fingerprint density at radius 3 is 2.59 bits per heavy atom. The van der Waals surface area contributed by atoms with Gasteiger partial charge in [-0.1, -0.05) is 6.42 Å². The van der Waals surface area contributed by atoms with E-state index in [9.17, 15) is 5.11 Å². The molecule has 1 fully saturated rings. The third-order valence-electron chi connectivity index (χ3n) is 5.77. The van der Waals surface area contributed by atoms with Crippen molar-refractivity contribution in [1.82, 2.24) is 14.5 Å². The van der Waals surface area contributed by atoms with Gasteiger partial charge in [0, 0.05) is 29.6 Å². The number of fused-ring (bicyclic) bond motifs is 1. The molecule has 1 aromatic carbocycles. The van der Waals surface area contributed by atoms with E-state index in [2.05, 4.69) is 20.5 Å². The van der Waals surface area contributed by atoms with Gasteiger partial charge in [-0.25, -0.2) is 0 Å². The summed E-state index contributed by atoms with van der Waals surface area (Å²) < 4.78 is 7.48. The molecule has 0 spiro atoms. The standard InChI is InChI=1S/C23H26N4O2/c1-16-22(21(28)15-26-10-4-3-5-11-26)23-20(12-19(29-2)14-25-23)27(16)18-8-6-17(13-24)7-9-18/h6-9,12,14,21,28H,3-5,10-11,15H2,1-2H3. The van der Waals surface area contributed by atoms with Crippen LogP contribution >= 0.6 is 0 Å². The monoisotopic (exact) mass is 390 g/mol. The lowest BCUT2D eigenvalue weighted by atomic mass is 10.1. The Kier molecular flexibility index (Phi) is 5.52. The van der Waals surface area contributed by atoms with Crippen LogP contribution in [-0.4, -0.2) is 46.3 Å². The average molecular weight is 390 g/mol. The third kappa shape index (κ3) is 3.71. The first-order chi connectivity index (χ1) is 14.1. The Labute approximate surface area is 171 Å². The average Bonchev–Trinajstić information content (AvgIpc) is 3.05. The van der Waals surface area contributed by atoms with Crippen molar-refractivity contribution in [1.29, 1.82) is 5.26 Å². The molecule has 1 aliphatic heterocycles. The summed E-state index contributed by atoms with van der Waals surface area (Å²) in [6.45, 7) is 4.69. The number of piperidine rings is 1. The lowest BCUT2D eigenvalue weighted by Gasteiger charge is -2.28. The van der Waals surface area contributed by atoms with E-state index in [1.165, 1.54) is 19.3 Å². The quantitative estimate of drug-likeness (QED) is 0.718. The molecule has 3 heterocycles. The number of aliphatic hydroxyl groups excluding tert-OH is 1. The van der Waals surface area contributed by atoms with E-state index >= 15 is 0 Å². The Balaban J connectivity index is 1.81. The number of aromatic nitrogens is 2. The molecule has 1 unspecified atom stereocenters. The van der Waals surface area contributed by atoms with Crippen LogP contribution in [0.1, 0.15) is 42.2 Å². The smallest absolute Gasteiger partial charge is 0.139 e. The maximum atomic E-state index is 11.2. The highest BCUT2D eigenvalue weighted by Gasteiger charge is 2.25. The Morgan fingerprint density at radius 1 is 1.21 bits per heavy atom. The van der Waals surface area contributed by atoms with Gasteiger partial charge in [0.2, 0.25) is 0 Å². The van der Waals surface area contributed by atoms with Crippen molar-refractivity contribution in [3.05, 3.63) is 53.3 Å². The molecule has 150 valence electrons. The molecule has 0 saturated carbocycles. The van der Waals surface area contributed by atoms with Gasteiger partial charge in [0.05, 0.1) is 42.1 Å². The summed E-state index contributed by atoms with van der Waals surface area (Å²) >= 11 is 0. The molecule has 0 amide bonds. The maximum absolute atomic E-state index is 11.2. The summed E-state index contributed by atoms with van der Waals surface area (Å²) in [6, 6.07) is 11.6. The van der Waals surface area contributed by atoms with Crippen molar-refractivity contribution in [2.24, 2.45) is 0 Å². The van der Waals surface area contributed by atoms with Gasteiger partial charge in [-0.05, 0) is 57.1 Å². The first kappa shape index (κ1) is 19.4. The number of methoxy groups -OCH3 is 1. The first-order valence-corrected chi connectivity index (χ1v) is 10.1. The second-order valence-electron chi connectivity index (χ2n) is 7.61. The van der Waals surface area contributed by atoms with Crippen LogP contribution in [0.4, 0.5) is 0 Å². The Hall–Kier alpha value is -2.88. The summed E-state index contributed by atoms with van der Waals surface area (Å²) in [5.74, 6) is 0.668. The Morgan fingerprint density at radius 2 is 1.93 bits per heavy atom. The molecule has 0 bridgehead atoms. The van der Waals surface area contributed by atoms with Crippen molar-refractivity contribution in [2.75, 3.05) is 26.7 Å². The predicted molar refractivity (Wildman–Crippen MR) is 112 cm³/mol. The zero-order chi connectivity index (χ0) is 20.4. The van der Waals surface area contributed by atoms with Crippen molar-refractivity contribution < 1.29 is 9.84 Å². The maximum Gasteiger partial charge on any atom is 0.139 e. The molecule has 1 aliphatic rings. The van der Waals surface area contributed by atoms with Crippen LogP contribution in [0.25, 0.3) is 16.7 Å². The predicted octanol–water partition coefficient (Wildman–Crippen LogP) is 3.73. The van der Waals surface area contributed by atoms with E-state index in [4.69, 9.17) is 10.00 Å². The number of benzene rings is 1. The number of rotatable bonds is 5. The number of nitriles is 1. The second kappa shape index (κ2) is 8.24. The van der Waals surface area contributed by atoms with Crippen molar-refractivity contribution in [2.45, 2.75) is 32.3 Å². The number of hydrogen-bond donors (Lipinski definition) is 1. The normalized spacial score (nSPS) is 15.9. The molecule has 1 atom stereocenters. The van der Waals surface area contributed by atoms with Gasteiger partial charge in [0.25, 0.3) is 0 Å². The zero-order valence-electron chi connectivity index (χ0n) is 16.9. The van der Waals surface area contributed by atoms with Gasteiger partial charge in [0.1, 0.15) is 5.75 Å². The molecule has 2 aromatic heterocycles. The minimum atomic E-state index is -0.615. The van der Waals surface area contributed by atoms with E-state index in [0.717, 1.165) is 41.1 Å². The highest BCUT2D eigenvalue weighted by molar-refractivity contribution is 5.85. The van der Waals surface area contributed by atoms with Crippen LogP contribution < -0.4 is 4.74 Å². The number of β-amino-alcohol motifs (C(OH)–C–C–N with tert-alkyl or cyclic N) is 1. The fraction of sp³-hybridized carbons (Fsp3) is 0.391. The van der Waals surface area contributed by atoms with E-state index in [0.29, 0.717) is 17.9 Å². The van der Waals surface area contributed by atoms with Gasteiger partial charge in [-0.3, -0.25) is 4.98 Å². The van der Waals surface area contributed by atoms with Gasteiger partial charge in [-0.15, -0.1) is 0 Å². The second-order valence-corrected chi connectivity index (χ2v) is 7.61. The van der Waals surface area contributed by atoms with Crippen molar-refractivity contribution in [3.63, 3.8) is 0 Å². The summed E-state index contributed by atoms with van der Waals surface area (Å²) in [5.41, 5.74) is 5.03. The first-order valence-electron chi connectivity index (χ1n) is 10.1. The number of likely N-dealkylation sites (tertiary alicyclic amines) is 1. The number of aliphatic hydroxyl groups is 1. The molecular weight excluding hydrogens is 364 g/mol. The Bertz CT molecular complexity index is 1040. The molecule has 0 radical (unpaired) electrons. The number of pyridine rings is 1. The molecule has 6 heteroatoms. The lowest BCUT2D eigenvalue weighted by molar-refractivity contribution is 0.102. The molecule has 3 aromatic rings. The zero-order valence-corrected chi connectivity index (χ0v) is 16.9. The number of ether oxygens (including phenoxy) is 1. The molecule has 0 aliphatic carbocycles. The summed E-state index contributed by atoms with van der Waals surface area (Å²) in [6.07, 6.45) is 4.73. The minimum absolute atomic E-state index is 0.612. The third-order valence-corrected chi connectivity index (χ3v) is 5.77. The van der Waals surface area contributed by atoms with Crippen molar-refractivity contribution in [3.8, 4) is 17.5 Å². The largest absolute Gasteiger partial charge is 0.495 e. The fourth-order valence-corrected chi connectivity index (χ4v) is 4.29. The van der Waals surface area contributed by atoms with Crippen LogP contribution in [0.3, 0.4) is 0 Å². The highest BCUT2D eigenvalue weighted by atomic mass is 16.5. The van der Waals surface area contributed by atoms with Gasteiger partial charge in [0.15, 0.2) is 0 Å². The summed E-state index contributed by atoms with van der Waals surface area (Å²) in [4.78, 5) is 6.97. The van der Waals surface area contributed by atoms with E-state index in [1.54, 1.807) is 25.4 Å². The molecule has 29 heavy (non-hydrogen) atoms. The van der Waals surface area contributed by atoms with Crippen LogP contribution in [0.5, 0.6) is 5.75 Å². The molecule has 4 rings (SSSR count). The van der Waals surface area contributed by atoms with Crippen LogP contribution in [0.15, 0.2) is 36.5 Å². The van der Waals surface area contributed by atoms with Crippen LogP contribution in [0, 0.1) is 18.3 Å². The molecule has 1 saturated heterocycles. The lowest BCUT2D eigenvalue weighted by Crippen LogP contribution is -2.33. The molecular formula is C23H26N4O2. The number of hydrogen-bond acceptors (Lipinski definition) is 5. The van der Waals surface area contributed by atoms with Gasteiger partial charge < -0.3 is 19.3 Å². The van der Waals surface area contributed by atoms with Crippen LogP contribution in [-0.2, 0) is 0 Å². The topological polar surface area (TPSA) is 74.3 Å². The summed E-state index contributed by atoms with van der Waals surface area (Å²) in [5, 5.41) is 20.3. The van der Waals surface area contributed by atoms with E-state index < -0.39 is 6.10 Å². The van der Waals surface area contributed by atoms with E-state index in [1.807, 2.05) is 25.1 Å². The molecule has 1 N–H and O–H groups in total. The SMILES string of the molecule is COc1cnc2c(C(O)CN3CCCCC3)c(C)n(-c3ccc(C#N)cc3)c2c1. The van der Waals surface area contributed by atoms with Crippen molar-refractivity contribution >= 4 is 11.0 Å². The molecule has 6 nitrogen and oxygen atoms in total. The minimum Gasteiger partial charge on any atom is -0.495 e. The summed E-state index contributed by atoms with van der Waals surface area (Å²) in [7, 11) is 1.62.